The molecule has 1 aromatic heterocycles. The number of halogens is 2. The molecule has 0 aliphatic carbocycles. The average molecular weight is 381 g/mol. The summed E-state index contributed by atoms with van der Waals surface area (Å²) >= 11 is 12.3. The molecule has 2 aromatic rings. The minimum atomic E-state index is -0.378. The van der Waals surface area contributed by atoms with Crippen LogP contribution in [0.1, 0.15) is 22.3 Å². The first-order chi connectivity index (χ1) is 12.1. The van der Waals surface area contributed by atoms with Crippen LogP contribution in [-0.2, 0) is 11.3 Å². The highest BCUT2D eigenvalue weighted by Gasteiger charge is 2.18. The number of amides is 1. The van der Waals surface area contributed by atoms with Gasteiger partial charge in [-0.3, -0.25) is 9.59 Å². The van der Waals surface area contributed by atoms with Crippen LogP contribution < -0.4 is 10.9 Å². The Morgan fingerprint density at radius 2 is 2.00 bits per heavy atom. The second-order valence-electron chi connectivity index (χ2n) is 5.99. The maximum atomic E-state index is 12.6. The molecule has 1 atom stereocenters. The fourth-order valence-electron chi connectivity index (χ4n) is 2.76. The third kappa shape index (κ3) is 4.24. The number of rotatable bonds is 5. The standard InChI is InChI=1S/C18H18Cl2N2O3/c19-15-4-1-5-16(20)14(15)10-22-7-2-3-13(18(22)24)17(23)21-9-12-6-8-25-11-12/h1-5,7,12H,6,8-11H2,(H,21,23)/t12-/m1/s1. The van der Waals surface area contributed by atoms with Crippen molar-refractivity contribution in [3.05, 3.63) is 68.1 Å². The van der Waals surface area contributed by atoms with Gasteiger partial charge in [-0.05, 0) is 30.7 Å². The first-order valence-corrected chi connectivity index (χ1v) is 8.80. The summed E-state index contributed by atoms with van der Waals surface area (Å²) < 4.78 is 6.72. The number of carbonyl (C=O) groups is 1. The predicted octanol–water partition coefficient (Wildman–Crippen LogP) is 2.97. The van der Waals surface area contributed by atoms with Crippen molar-refractivity contribution in [1.29, 1.82) is 0 Å². The van der Waals surface area contributed by atoms with Crippen LogP contribution in [0.3, 0.4) is 0 Å². The van der Waals surface area contributed by atoms with Crippen molar-refractivity contribution in [2.45, 2.75) is 13.0 Å². The summed E-state index contributed by atoms with van der Waals surface area (Å²) in [6.45, 7) is 2.07. The Morgan fingerprint density at radius 3 is 2.68 bits per heavy atom. The van der Waals surface area contributed by atoms with E-state index in [9.17, 15) is 9.59 Å². The largest absolute Gasteiger partial charge is 0.381 e. The van der Waals surface area contributed by atoms with Crippen LogP contribution >= 0.6 is 23.2 Å². The van der Waals surface area contributed by atoms with Crippen LogP contribution in [0.5, 0.6) is 0 Å². The van der Waals surface area contributed by atoms with E-state index >= 15 is 0 Å². The molecule has 5 nitrogen and oxygen atoms in total. The van der Waals surface area contributed by atoms with Crippen LogP contribution in [0.15, 0.2) is 41.3 Å². The summed E-state index contributed by atoms with van der Waals surface area (Å²) in [5.74, 6) is -0.0756. The van der Waals surface area contributed by atoms with E-state index in [0.29, 0.717) is 34.7 Å². The zero-order valence-corrected chi connectivity index (χ0v) is 15.0. The topological polar surface area (TPSA) is 60.3 Å². The van der Waals surface area contributed by atoms with Gasteiger partial charge in [0.2, 0.25) is 0 Å². The predicted molar refractivity (Wildman–Crippen MR) is 97.5 cm³/mol. The molecule has 1 amide bonds. The van der Waals surface area contributed by atoms with E-state index < -0.39 is 0 Å². The van der Waals surface area contributed by atoms with Gasteiger partial charge in [-0.25, -0.2) is 0 Å². The maximum Gasteiger partial charge on any atom is 0.263 e. The van der Waals surface area contributed by atoms with Gasteiger partial charge < -0.3 is 14.6 Å². The number of aromatic nitrogens is 1. The lowest BCUT2D eigenvalue weighted by Gasteiger charge is -2.12. The second kappa shape index (κ2) is 8.04. The first-order valence-electron chi connectivity index (χ1n) is 8.04. The van der Waals surface area contributed by atoms with Crippen molar-refractivity contribution in [1.82, 2.24) is 9.88 Å². The maximum absolute atomic E-state index is 12.6. The molecule has 1 saturated heterocycles. The van der Waals surface area contributed by atoms with E-state index in [0.717, 1.165) is 13.0 Å². The van der Waals surface area contributed by atoms with E-state index in [1.807, 2.05) is 0 Å². The normalized spacial score (nSPS) is 16.8. The minimum absolute atomic E-state index is 0.101. The Hall–Kier alpha value is -1.82. The average Bonchev–Trinajstić information content (AvgIpc) is 3.11. The number of pyridine rings is 1. The van der Waals surface area contributed by atoms with Crippen molar-refractivity contribution < 1.29 is 9.53 Å². The molecule has 1 aliphatic heterocycles. The third-order valence-corrected chi connectivity index (χ3v) is 4.94. The Morgan fingerprint density at radius 1 is 1.24 bits per heavy atom. The van der Waals surface area contributed by atoms with E-state index in [1.54, 1.807) is 30.5 Å². The SMILES string of the molecule is O=C(NC[C@H]1CCOC1)c1cccn(Cc2c(Cl)cccc2Cl)c1=O. The van der Waals surface area contributed by atoms with E-state index in [4.69, 9.17) is 27.9 Å². The van der Waals surface area contributed by atoms with Gasteiger partial charge in [0.1, 0.15) is 5.56 Å². The van der Waals surface area contributed by atoms with Gasteiger partial charge in [0.05, 0.1) is 13.2 Å². The number of hydrogen-bond donors (Lipinski definition) is 1. The summed E-state index contributed by atoms with van der Waals surface area (Å²) in [6.07, 6.45) is 2.54. The highest BCUT2D eigenvalue weighted by molar-refractivity contribution is 6.35. The number of carbonyl (C=O) groups excluding carboxylic acids is 1. The van der Waals surface area contributed by atoms with E-state index in [2.05, 4.69) is 5.32 Å². The summed E-state index contributed by atoms with van der Waals surface area (Å²) in [7, 11) is 0. The summed E-state index contributed by atoms with van der Waals surface area (Å²) in [5.41, 5.74) is 0.372. The molecular weight excluding hydrogens is 363 g/mol. The molecule has 1 aromatic carbocycles. The molecule has 132 valence electrons. The molecule has 1 aliphatic rings. The van der Waals surface area contributed by atoms with Crippen LogP contribution in [0.25, 0.3) is 0 Å². The van der Waals surface area contributed by atoms with Crippen molar-refractivity contribution in [2.24, 2.45) is 5.92 Å². The zero-order chi connectivity index (χ0) is 17.8. The molecule has 2 heterocycles. The molecule has 7 heteroatoms. The van der Waals surface area contributed by atoms with Crippen LogP contribution in [0, 0.1) is 5.92 Å². The van der Waals surface area contributed by atoms with Gasteiger partial charge in [0, 0.05) is 40.9 Å². The molecule has 1 fully saturated rings. The molecule has 0 bridgehead atoms. The van der Waals surface area contributed by atoms with Crippen LogP contribution in [0.4, 0.5) is 0 Å². The highest BCUT2D eigenvalue weighted by atomic mass is 35.5. The van der Waals surface area contributed by atoms with Gasteiger partial charge in [-0.15, -0.1) is 0 Å². The van der Waals surface area contributed by atoms with Crippen LogP contribution in [0.2, 0.25) is 10.0 Å². The molecular formula is C18H18Cl2N2O3. The zero-order valence-electron chi connectivity index (χ0n) is 13.5. The van der Waals surface area contributed by atoms with Gasteiger partial charge in [0.15, 0.2) is 0 Å². The highest BCUT2D eigenvalue weighted by Crippen LogP contribution is 2.24. The summed E-state index contributed by atoms with van der Waals surface area (Å²) in [4.78, 5) is 25.0. The first kappa shape index (κ1) is 18.0. The Kier molecular flexibility index (Phi) is 5.78. The Balaban J connectivity index is 1.77. The Bertz CT molecular complexity index is 809. The van der Waals surface area contributed by atoms with Crippen molar-refractivity contribution in [2.75, 3.05) is 19.8 Å². The number of ether oxygens (including phenoxy) is 1. The van der Waals surface area contributed by atoms with Gasteiger partial charge in [-0.1, -0.05) is 29.3 Å². The monoisotopic (exact) mass is 380 g/mol. The van der Waals surface area contributed by atoms with E-state index in [-0.39, 0.29) is 23.6 Å². The summed E-state index contributed by atoms with van der Waals surface area (Å²) in [5, 5.41) is 3.78. The molecule has 0 radical (unpaired) electrons. The molecule has 25 heavy (non-hydrogen) atoms. The lowest BCUT2D eigenvalue weighted by atomic mass is 10.1. The molecule has 0 saturated carbocycles. The number of nitrogens with one attached hydrogen (secondary N) is 1. The van der Waals surface area contributed by atoms with Crippen molar-refractivity contribution in [3.63, 3.8) is 0 Å². The van der Waals surface area contributed by atoms with E-state index in [1.165, 1.54) is 10.6 Å². The number of benzene rings is 1. The fourth-order valence-corrected chi connectivity index (χ4v) is 3.28. The Labute approximate surface area is 155 Å². The number of hydrogen-bond acceptors (Lipinski definition) is 3. The molecule has 3 rings (SSSR count). The molecule has 1 N–H and O–H groups in total. The van der Waals surface area contributed by atoms with Crippen molar-refractivity contribution >= 4 is 29.1 Å². The van der Waals surface area contributed by atoms with Gasteiger partial charge in [0.25, 0.3) is 11.5 Å². The lowest BCUT2D eigenvalue weighted by molar-refractivity contribution is 0.0943. The summed E-state index contributed by atoms with van der Waals surface area (Å²) in [6, 6.07) is 8.36. The smallest absolute Gasteiger partial charge is 0.263 e. The van der Waals surface area contributed by atoms with Gasteiger partial charge >= 0.3 is 0 Å². The minimum Gasteiger partial charge on any atom is -0.381 e. The number of nitrogens with zero attached hydrogens (tertiary/aromatic N) is 1. The van der Waals surface area contributed by atoms with Crippen LogP contribution in [-0.4, -0.2) is 30.2 Å². The quantitative estimate of drug-likeness (QED) is 0.867. The molecule has 0 spiro atoms. The van der Waals surface area contributed by atoms with Gasteiger partial charge in [-0.2, -0.15) is 0 Å². The fraction of sp³-hybridized carbons (Fsp3) is 0.333. The lowest BCUT2D eigenvalue weighted by Crippen LogP contribution is -2.35. The van der Waals surface area contributed by atoms with Crippen molar-refractivity contribution in [3.8, 4) is 0 Å². The molecule has 0 unspecified atom stereocenters. The second-order valence-corrected chi connectivity index (χ2v) is 6.81. The third-order valence-electron chi connectivity index (χ3n) is 4.23.